The molecule has 1 aliphatic carbocycles. The number of hydrogen-bond acceptors (Lipinski definition) is 5. The number of piperazine rings is 1. The van der Waals surface area contributed by atoms with Crippen LogP contribution in [0.4, 0.5) is 5.82 Å². The molecule has 0 bridgehead atoms. The Morgan fingerprint density at radius 2 is 1.52 bits per heavy atom. The van der Waals surface area contributed by atoms with Crippen LogP contribution in [0, 0.1) is 6.92 Å². The molecule has 0 spiro atoms. The van der Waals surface area contributed by atoms with Crippen molar-refractivity contribution in [1.82, 2.24) is 18.8 Å². The van der Waals surface area contributed by atoms with Crippen LogP contribution in [0.5, 0.6) is 0 Å². The van der Waals surface area contributed by atoms with Crippen LogP contribution in [-0.2, 0) is 22.9 Å². The van der Waals surface area contributed by atoms with Gasteiger partial charge in [0, 0.05) is 44.6 Å². The zero-order valence-corrected chi connectivity index (χ0v) is 18.6. The third-order valence-corrected chi connectivity index (χ3v) is 8.09. The van der Waals surface area contributed by atoms with E-state index in [1.807, 2.05) is 54.2 Å². The highest BCUT2D eigenvalue weighted by Gasteiger charge is 2.30. The van der Waals surface area contributed by atoms with E-state index >= 15 is 0 Å². The number of sulfonamides is 1. The third-order valence-electron chi connectivity index (χ3n) is 6.20. The largest absolute Gasteiger partial charge is 0.354 e. The minimum Gasteiger partial charge on any atom is -0.354 e. The lowest BCUT2D eigenvalue weighted by atomic mass is 9.92. The first kappa shape index (κ1) is 20.2. The lowest BCUT2D eigenvalue weighted by molar-refractivity contribution is 0.383. The molecular weight excluding hydrogens is 410 g/mol. The van der Waals surface area contributed by atoms with Crippen LogP contribution >= 0.6 is 0 Å². The summed E-state index contributed by atoms with van der Waals surface area (Å²) < 4.78 is 30.1. The molecule has 1 aliphatic heterocycles. The summed E-state index contributed by atoms with van der Waals surface area (Å²) in [5.41, 5.74) is 2.49. The fourth-order valence-corrected chi connectivity index (χ4v) is 5.97. The Kier molecular flexibility index (Phi) is 5.27. The van der Waals surface area contributed by atoms with Crippen molar-refractivity contribution in [3.05, 3.63) is 65.7 Å². The van der Waals surface area contributed by atoms with Crippen LogP contribution in [0.2, 0.25) is 0 Å². The molecule has 0 amide bonds. The van der Waals surface area contributed by atoms with Gasteiger partial charge in [-0.1, -0.05) is 6.07 Å². The number of fused-ring (bicyclic) bond motifs is 1. The van der Waals surface area contributed by atoms with Crippen molar-refractivity contribution < 1.29 is 8.42 Å². The van der Waals surface area contributed by atoms with E-state index in [9.17, 15) is 8.42 Å². The van der Waals surface area contributed by atoms with Crippen molar-refractivity contribution in [3.63, 3.8) is 0 Å². The predicted octanol–water partition coefficient (Wildman–Crippen LogP) is 2.97. The predicted molar refractivity (Wildman–Crippen MR) is 120 cm³/mol. The monoisotopic (exact) mass is 437 g/mol. The second-order valence-corrected chi connectivity index (χ2v) is 10.2. The van der Waals surface area contributed by atoms with Crippen molar-refractivity contribution >= 4 is 15.8 Å². The van der Waals surface area contributed by atoms with Crippen LogP contribution in [0.3, 0.4) is 0 Å². The first-order valence-corrected chi connectivity index (χ1v) is 12.3. The average Bonchev–Trinajstić information content (AvgIpc) is 3.33. The molecule has 8 heteroatoms. The Hall–Kier alpha value is -2.71. The minimum absolute atomic E-state index is 0.425. The van der Waals surface area contributed by atoms with Gasteiger partial charge in [-0.05, 0) is 68.0 Å². The van der Waals surface area contributed by atoms with Gasteiger partial charge >= 0.3 is 0 Å². The summed E-state index contributed by atoms with van der Waals surface area (Å²) in [5.74, 6) is 2.35. The molecule has 0 N–H and O–H groups in total. The average molecular weight is 438 g/mol. The minimum atomic E-state index is -3.48. The van der Waals surface area contributed by atoms with E-state index in [2.05, 4.69) is 14.9 Å². The zero-order valence-electron chi connectivity index (χ0n) is 17.7. The number of anilines is 1. The molecule has 0 unspecified atom stereocenters. The van der Waals surface area contributed by atoms with Crippen molar-refractivity contribution in [1.29, 1.82) is 0 Å². The van der Waals surface area contributed by atoms with Crippen molar-refractivity contribution in [2.24, 2.45) is 0 Å². The molecule has 3 aromatic rings. The Morgan fingerprint density at radius 1 is 0.839 bits per heavy atom. The Labute approximate surface area is 183 Å². The second-order valence-electron chi connectivity index (χ2n) is 8.25. The van der Waals surface area contributed by atoms with Gasteiger partial charge in [-0.2, -0.15) is 4.31 Å². The highest BCUT2D eigenvalue weighted by atomic mass is 32.2. The summed E-state index contributed by atoms with van der Waals surface area (Å²) in [6.07, 6.45) is 8.26. The van der Waals surface area contributed by atoms with Gasteiger partial charge in [0.2, 0.25) is 10.0 Å². The molecule has 2 aromatic heterocycles. The molecule has 0 saturated carbocycles. The van der Waals surface area contributed by atoms with E-state index < -0.39 is 10.0 Å². The molecule has 1 saturated heterocycles. The summed E-state index contributed by atoms with van der Waals surface area (Å²) >= 11 is 0. The third kappa shape index (κ3) is 3.97. The molecule has 1 fully saturated rings. The number of benzene rings is 1. The molecule has 3 heterocycles. The molecule has 162 valence electrons. The smallest absolute Gasteiger partial charge is 0.243 e. The summed E-state index contributed by atoms with van der Waals surface area (Å²) in [4.78, 5) is 11.7. The van der Waals surface area contributed by atoms with Crippen LogP contribution in [-0.4, -0.2) is 53.4 Å². The molecule has 5 rings (SSSR count). The Bertz CT molecular complexity index is 1180. The molecule has 2 aliphatic rings. The Morgan fingerprint density at radius 3 is 2.26 bits per heavy atom. The maximum absolute atomic E-state index is 13.3. The molecule has 0 radical (unpaired) electrons. The lowest BCUT2D eigenvalue weighted by Crippen LogP contribution is -2.49. The van der Waals surface area contributed by atoms with Crippen molar-refractivity contribution in [2.75, 3.05) is 31.1 Å². The molecule has 1 aromatic carbocycles. The first-order chi connectivity index (χ1) is 15.0. The van der Waals surface area contributed by atoms with E-state index in [1.54, 1.807) is 10.4 Å². The van der Waals surface area contributed by atoms with Gasteiger partial charge < -0.3 is 9.47 Å². The maximum Gasteiger partial charge on any atom is 0.243 e. The molecule has 7 nitrogen and oxygen atoms in total. The second kappa shape index (κ2) is 8.09. The number of aryl methyl sites for hydroxylation is 3. The van der Waals surface area contributed by atoms with Crippen molar-refractivity contribution in [2.45, 2.75) is 37.5 Å². The first-order valence-electron chi connectivity index (χ1n) is 10.9. The van der Waals surface area contributed by atoms with E-state index in [1.165, 1.54) is 17.5 Å². The molecule has 0 atom stereocenters. The number of rotatable bonds is 4. The van der Waals surface area contributed by atoms with E-state index in [-0.39, 0.29) is 0 Å². The number of aromatic nitrogens is 3. The standard InChI is InChI=1S/C23H27N5O2S/c1-18-24-22(26-10-4-5-11-26)17-23(25-18)27-12-14-28(15-13-27)31(29,30)21-9-8-19-6-2-3-7-20(19)16-21/h4-5,8-11,16-17H,2-3,6-7,12-15H2,1H3. The molecule has 31 heavy (non-hydrogen) atoms. The fraction of sp³-hybridized carbons (Fsp3) is 0.391. The molecular formula is C23H27N5O2S. The summed E-state index contributed by atoms with van der Waals surface area (Å²) in [5, 5.41) is 0. The quantitative estimate of drug-likeness (QED) is 0.628. The zero-order chi connectivity index (χ0) is 21.4. The normalized spacial score (nSPS) is 17.5. The SMILES string of the molecule is Cc1nc(N2CCN(S(=O)(=O)c3ccc4c(c3)CCCC4)CC2)cc(-n2cccc2)n1. The van der Waals surface area contributed by atoms with Gasteiger partial charge in [0.25, 0.3) is 0 Å². The van der Waals surface area contributed by atoms with Crippen LogP contribution < -0.4 is 4.90 Å². The number of nitrogens with zero attached hydrogens (tertiary/aromatic N) is 5. The summed E-state index contributed by atoms with van der Waals surface area (Å²) in [7, 11) is -3.48. The highest BCUT2D eigenvalue weighted by Crippen LogP contribution is 2.27. The van der Waals surface area contributed by atoms with Crippen LogP contribution in [0.25, 0.3) is 5.82 Å². The van der Waals surface area contributed by atoms with Gasteiger partial charge in [0.1, 0.15) is 17.5 Å². The van der Waals surface area contributed by atoms with E-state index in [0.29, 0.717) is 36.9 Å². The topological polar surface area (TPSA) is 71.3 Å². The maximum atomic E-state index is 13.3. The van der Waals surface area contributed by atoms with Gasteiger partial charge in [0.15, 0.2) is 0 Å². The van der Waals surface area contributed by atoms with Gasteiger partial charge in [-0.25, -0.2) is 18.4 Å². The van der Waals surface area contributed by atoms with Crippen LogP contribution in [0.1, 0.15) is 29.8 Å². The van der Waals surface area contributed by atoms with E-state index in [0.717, 1.165) is 30.9 Å². The Balaban J connectivity index is 1.32. The van der Waals surface area contributed by atoms with Gasteiger partial charge in [0.05, 0.1) is 4.90 Å². The summed E-state index contributed by atoms with van der Waals surface area (Å²) in [6, 6.07) is 11.6. The van der Waals surface area contributed by atoms with E-state index in [4.69, 9.17) is 0 Å². The highest BCUT2D eigenvalue weighted by molar-refractivity contribution is 7.89. The lowest BCUT2D eigenvalue weighted by Gasteiger charge is -2.35. The van der Waals surface area contributed by atoms with Gasteiger partial charge in [-0.15, -0.1) is 0 Å². The fourth-order valence-electron chi connectivity index (χ4n) is 4.49. The van der Waals surface area contributed by atoms with Gasteiger partial charge in [-0.3, -0.25) is 0 Å². The van der Waals surface area contributed by atoms with Crippen molar-refractivity contribution in [3.8, 4) is 5.82 Å². The van der Waals surface area contributed by atoms with Crippen LogP contribution in [0.15, 0.2) is 53.7 Å². The number of hydrogen-bond donors (Lipinski definition) is 0. The summed E-state index contributed by atoms with van der Waals surface area (Å²) in [6.45, 7) is 3.98.